The largest absolute Gasteiger partial charge is 0.351 e. The number of piperidine rings is 1. The van der Waals surface area contributed by atoms with Crippen LogP contribution in [0.15, 0.2) is 59.6 Å². The van der Waals surface area contributed by atoms with Gasteiger partial charge in [0.25, 0.3) is 5.91 Å². The molecular weight excluding hydrogens is 775 g/mol. The zero-order valence-corrected chi connectivity index (χ0v) is 37.3. The van der Waals surface area contributed by atoms with Crippen LogP contribution < -0.4 is 15.5 Å². The molecule has 3 saturated heterocycles. The Morgan fingerprint density at radius 2 is 1.62 bits per heavy atom. The first-order valence-electron chi connectivity index (χ1n) is 21.9. The molecule has 9 rings (SSSR count). The summed E-state index contributed by atoms with van der Waals surface area (Å²) < 4.78 is 2.48. The Balaban J connectivity index is 0.000000207. The van der Waals surface area contributed by atoms with Gasteiger partial charge >= 0.3 is 0 Å². The van der Waals surface area contributed by atoms with Gasteiger partial charge < -0.3 is 20.4 Å². The van der Waals surface area contributed by atoms with Gasteiger partial charge in [0, 0.05) is 99.1 Å². The molecule has 6 heterocycles. The molecule has 1 aromatic heterocycles. The molecular formula is C46H65N9O4S. The summed E-state index contributed by atoms with van der Waals surface area (Å²) >= 11 is 1.88. The van der Waals surface area contributed by atoms with Crippen LogP contribution in [0.1, 0.15) is 106 Å². The molecule has 1 saturated carbocycles. The lowest BCUT2D eigenvalue weighted by Crippen LogP contribution is -2.70. The van der Waals surface area contributed by atoms with Gasteiger partial charge in [-0.15, -0.1) is 0 Å². The quantitative estimate of drug-likeness (QED) is 0.156. The van der Waals surface area contributed by atoms with Crippen LogP contribution in [0.2, 0.25) is 0 Å². The van der Waals surface area contributed by atoms with Gasteiger partial charge in [0.05, 0.1) is 5.41 Å². The molecule has 5 aliphatic heterocycles. The van der Waals surface area contributed by atoms with E-state index in [2.05, 4.69) is 83.4 Å². The molecule has 3 aromatic rings. The molecule has 1 aliphatic carbocycles. The van der Waals surface area contributed by atoms with Gasteiger partial charge in [0.1, 0.15) is 5.82 Å². The number of likely N-dealkylation sites (tertiary alicyclic amines) is 2. The number of unbranched alkanes of at least 4 members (excludes halogenated alkanes) is 1. The zero-order chi connectivity index (χ0) is 42.9. The second-order valence-electron chi connectivity index (χ2n) is 17.4. The highest BCUT2D eigenvalue weighted by molar-refractivity contribution is 7.97. The molecule has 13 nitrogen and oxygen atoms in total. The summed E-state index contributed by atoms with van der Waals surface area (Å²) in [7, 11) is 4.06. The Hall–Kier alpha value is -4.37. The number of amides is 4. The minimum absolute atomic E-state index is 0.179. The van der Waals surface area contributed by atoms with Crippen molar-refractivity contribution in [3.63, 3.8) is 0 Å². The van der Waals surface area contributed by atoms with Gasteiger partial charge in [-0.05, 0) is 87.3 Å². The number of carbonyl (C=O) groups is 4. The van der Waals surface area contributed by atoms with Gasteiger partial charge in [0.2, 0.25) is 24.7 Å². The molecule has 324 valence electrons. The van der Waals surface area contributed by atoms with E-state index in [9.17, 15) is 9.59 Å². The lowest BCUT2D eigenvalue weighted by Gasteiger charge is -2.59. The smallest absolute Gasteiger partial charge is 0.254 e. The maximum Gasteiger partial charge on any atom is 0.254 e. The standard InChI is InChI=1S/C27H35N7OS.C13H17NO.C4H10.C2H3NO2/c1-31-15-26(16-31)17-33(18-26)14-19-4-3-5-21(12-19)36-34-10-6-20(7-11-34)29-25-28-13-22-23(30-25)32(2)24(35)27(22)8-9-27;1-3-6-10(2)14-9-11-7-4-5-8-12(11)13(14)15;1-3-4-2;4-1-3-2-5/h3-5,12-13,20H,6-11,14-18H2,1-2H3,(H,28,29,30);4-5,7-8,10H,3,6,9H2,1-2H3;3-4H2,1-2H3;1-2H,(H,3,4,5). The first kappa shape index (κ1) is 45.2. The highest BCUT2D eigenvalue weighted by Crippen LogP contribution is 2.56. The number of carbonyl (C=O) groups excluding carboxylic acids is 4. The van der Waals surface area contributed by atoms with Crippen molar-refractivity contribution in [2.24, 2.45) is 5.41 Å². The molecule has 0 bridgehead atoms. The third kappa shape index (κ3) is 10.6. The molecule has 2 spiro atoms. The van der Waals surface area contributed by atoms with Gasteiger partial charge in [0.15, 0.2) is 0 Å². The maximum atomic E-state index is 12.6. The van der Waals surface area contributed by atoms with Crippen molar-refractivity contribution >= 4 is 48.3 Å². The van der Waals surface area contributed by atoms with E-state index in [1.807, 2.05) is 54.4 Å². The normalized spacial score (nSPS) is 20.2. The van der Waals surface area contributed by atoms with E-state index >= 15 is 0 Å². The first-order chi connectivity index (χ1) is 29.0. The molecule has 4 amide bonds. The van der Waals surface area contributed by atoms with Crippen molar-refractivity contribution in [3.8, 4) is 0 Å². The number of benzene rings is 2. The number of likely N-dealkylation sites (N-methyl/N-ethyl adjacent to an activating group) is 1. The van der Waals surface area contributed by atoms with Crippen LogP contribution in [0.5, 0.6) is 0 Å². The summed E-state index contributed by atoms with van der Waals surface area (Å²) in [6.45, 7) is 17.6. The van der Waals surface area contributed by atoms with E-state index in [0.717, 1.165) is 81.6 Å². The van der Waals surface area contributed by atoms with Gasteiger partial charge in [-0.1, -0.05) is 70.4 Å². The number of nitrogens with one attached hydrogen (secondary N) is 2. The molecule has 0 radical (unpaired) electrons. The van der Waals surface area contributed by atoms with E-state index < -0.39 is 0 Å². The van der Waals surface area contributed by atoms with Crippen molar-refractivity contribution in [2.45, 2.75) is 115 Å². The third-order valence-corrected chi connectivity index (χ3v) is 13.5. The van der Waals surface area contributed by atoms with Crippen molar-refractivity contribution in [1.29, 1.82) is 0 Å². The fourth-order valence-corrected chi connectivity index (χ4v) is 10.1. The number of nitrogens with zero attached hydrogens (tertiary/aromatic N) is 7. The fraction of sp³-hybridized carbons (Fsp3) is 0.565. The summed E-state index contributed by atoms with van der Waals surface area (Å²) in [4.78, 5) is 62.1. The van der Waals surface area contributed by atoms with Crippen LogP contribution in [0.25, 0.3) is 0 Å². The van der Waals surface area contributed by atoms with Crippen LogP contribution in [0.3, 0.4) is 0 Å². The van der Waals surface area contributed by atoms with Crippen molar-refractivity contribution < 1.29 is 19.2 Å². The molecule has 4 fully saturated rings. The maximum absolute atomic E-state index is 12.6. The molecule has 1 atom stereocenters. The number of imide groups is 1. The van der Waals surface area contributed by atoms with Gasteiger partial charge in [-0.25, -0.2) is 9.29 Å². The van der Waals surface area contributed by atoms with Crippen LogP contribution in [0.4, 0.5) is 11.8 Å². The van der Waals surface area contributed by atoms with Crippen LogP contribution in [-0.4, -0.2) is 119 Å². The van der Waals surface area contributed by atoms with E-state index in [-0.39, 0.29) is 17.2 Å². The molecule has 1 unspecified atom stereocenters. The number of aromatic nitrogens is 2. The molecule has 6 aliphatic rings. The number of hydrogen-bond acceptors (Lipinski definition) is 11. The highest BCUT2D eigenvalue weighted by atomic mass is 32.2. The third-order valence-electron chi connectivity index (χ3n) is 12.4. The summed E-state index contributed by atoms with van der Waals surface area (Å²) in [6.07, 6.45) is 11.3. The number of fused-ring (bicyclic) bond motifs is 3. The first-order valence-corrected chi connectivity index (χ1v) is 22.6. The number of anilines is 2. The lowest BCUT2D eigenvalue weighted by molar-refractivity contribution is -0.120. The average Bonchev–Trinajstić information content (AvgIpc) is 3.93. The van der Waals surface area contributed by atoms with Crippen molar-refractivity contribution in [3.05, 3.63) is 77.0 Å². The SMILES string of the molecule is CCCC.CCCC(C)N1Cc2ccccc2C1=O.CN1CC2(C1)CN(Cc1cccc(SN3CCC(Nc4ncc5c(n4)N(C)C(=O)C54CC4)CC3)c1)C2.O=CNC=O. The minimum atomic E-state index is -0.312. The molecule has 14 heteroatoms. The Labute approximate surface area is 361 Å². The summed E-state index contributed by atoms with van der Waals surface area (Å²) in [5.41, 5.74) is 4.78. The number of rotatable bonds is 12. The Bertz CT molecular complexity index is 1930. The van der Waals surface area contributed by atoms with Crippen LogP contribution in [0, 0.1) is 5.41 Å². The predicted octanol–water partition coefficient (Wildman–Crippen LogP) is 6.34. The molecule has 60 heavy (non-hydrogen) atoms. The van der Waals surface area contributed by atoms with Gasteiger partial charge in [-0.3, -0.25) is 29.0 Å². The molecule has 2 aromatic carbocycles. The van der Waals surface area contributed by atoms with E-state index in [0.29, 0.717) is 36.3 Å². The summed E-state index contributed by atoms with van der Waals surface area (Å²) in [5.74, 6) is 1.81. The van der Waals surface area contributed by atoms with Crippen LogP contribution in [-0.2, 0) is 32.9 Å². The number of hydrogen-bond donors (Lipinski definition) is 2. The van der Waals surface area contributed by atoms with Gasteiger partial charge in [-0.2, -0.15) is 4.98 Å². The highest BCUT2D eigenvalue weighted by Gasteiger charge is 2.59. The summed E-state index contributed by atoms with van der Waals surface area (Å²) in [5, 5.41) is 5.29. The average molecular weight is 840 g/mol. The Kier molecular flexibility index (Phi) is 15.4. The minimum Gasteiger partial charge on any atom is -0.351 e. The monoisotopic (exact) mass is 839 g/mol. The van der Waals surface area contributed by atoms with E-state index in [1.54, 1.807) is 10.2 Å². The predicted molar refractivity (Wildman–Crippen MR) is 239 cm³/mol. The fourth-order valence-electron chi connectivity index (χ4n) is 9.11. The van der Waals surface area contributed by atoms with Crippen molar-refractivity contribution in [2.75, 3.05) is 63.6 Å². The van der Waals surface area contributed by atoms with E-state index in [4.69, 9.17) is 14.6 Å². The second-order valence-corrected chi connectivity index (χ2v) is 18.6. The topological polar surface area (TPSA) is 134 Å². The lowest BCUT2D eigenvalue weighted by atomic mass is 9.73. The summed E-state index contributed by atoms with van der Waals surface area (Å²) in [6, 6.07) is 17.7. The molecule has 2 N–H and O–H groups in total. The Morgan fingerprint density at radius 1 is 0.917 bits per heavy atom. The van der Waals surface area contributed by atoms with Crippen molar-refractivity contribution in [1.82, 2.24) is 34.3 Å². The van der Waals surface area contributed by atoms with Crippen LogP contribution >= 0.6 is 11.9 Å². The Morgan fingerprint density at radius 3 is 2.22 bits per heavy atom. The van der Waals surface area contributed by atoms with E-state index in [1.165, 1.54) is 55.0 Å². The second kappa shape index (κ2) is 20.5. The zero-order valence-electron chi connectivity index (χ0n) is 36.5.